The molecule has 0 amide bonds. The van der Waals surface area contributed by atoms with Gasteiger partial charge in [-0.3, -0.25) is 9.89 Å². The van der Waals surface area contributed by atoms with Crippen LogP contribution in [-0.4, -0.2) is 65.7 Å². The summed E-state index contributed by atoms with van der Waals surface area (Å²) in [7, 11) is 1.74. The van der Waals surface area contributed by atoms with E-state index in [-0.39, 0.29) is 5.92 Å². The number of halogens is 3. The number of rotatable bonds is 6. The zero-order valence-electron chi connectivity index (χ0n) is 18.1. The van der Waals surface area contributed by atoms with Crippen LogP contribution in [-0.2, 0) is 19.1 Å². The van der Waals surface area contributed by atoms with Gasteiger partial charge in [-0.2, -0.15) is 18.2 Å². The van der Waals surface area contributed by atoms with Crippen LogP contribution in [0.15, 0.2) is 33.8 Å². The molecule has 31 heavy (non-hydrogen) atoms. The molecule has 10 heteroatoms. The van der Waals surface area contributed by atoms with Crippen molar-refractivity contribution in [1.82, 2.24) is 25.3 Å². The number of aliphatic imine (C=N–C) groups is 1. The number of nitrogens with one attached hydrogen (secondary N) is 1. The molecule has 0 spiro atoms. The van der Waals surface area contributed by atoms with Crippen LogP contribution >= 0.6 is 0 Å². The third-order valence-electron chi connectivity index (χ3n) is 5.17. The maximum Gasteiger partial charge on any atom is 0.416 e. The molecule has 7 nitrogen and oxygen atoms in total. The predicted molar refractivity (Wildman–Crippen MR) is 112 cm³/mol. The van der Waals surface area contributed by atoms with E-state index in [1.54, 1.807) is 13.1 Å². The van der Waals surface area contributed by atoms with E-state index >= 15 is 0 Å². The number of hydrogen-bond acceptors (Lipinski definition) is 5. The molecule has 1 aliphatic heterocycles. The summed E-state index contributed by atoms with van der Waals surface area (Å²) in [5, 5.41) is 7.28. The van der Waals surface area contributed by atoms with Gasteiger partial charge < -0.3 is 14.7 Å². The maximum absolute atomic E-state index is 12.9. The maximum atomic E-state index is 12.9. The molecule has 1 aromatic carbocycles. The lowest BCUT2D eigenvalue weighted by Gasteiger charge is -2.36. The van der Waals surface area contributed by atoms with Gasteiger partial charge in [-0.05, 0) is 11.6 Å². The van der Waals surface area contributed by atoms with E-state index in [0.717, 1.165) is 38.2 Å². The first-order valence-corrected chi connectivity index (χ1v) is 10.4. The minimum Gasteiger partial charge on any atom is -0.356 e. The molecule has 0 radical (unpaired) electrons. The van der Waals surface area contributed by atoms with Gasteiger partial charge in [0.2, 0.25) is 5.89 Å². The van der Waals surface area contributed by atoms with Crippen molar-refractivity contribution in [3.63, 3.8) is 0 Å². The van der Waals surface area contributed by atoms with Gasteiger partial charge in [0.1, 0.15) is 0 Å². The van der Waals surface area contributed by atoms with Crippen LogP contribution in [0.5, 0.6) is 0 Å². The van der Waals surface area contributed by atoms with Crippen LogP contribution in [0.3, 0.4) is 0 Å². The lowest BCUT2D eigenvalue weighted by Crippen LogP contribution is -2.52. The highest BCUT2D eigenvalue weighted by molar-refractivity contribution is 5.80. The molecule has 170 valence electrons. The number of hydrogen-bond donors (Lipinski definition) is 1. The molecule has 0 saturated carbocycles. The molecule has 0 atom stereocenters. The summed E-state index contributed by atoms with van der Waals surface area (Å²) in [6, 6.07) is 5.54. The molecule has 1 aromatic heterocycles. The van der Waals surface area contributed by atoms with Crippen molar-refractivity contribution in [1.29, 1.82) is 0 Å². The van der Waals surface area contributed by atoms with Crippen molar-refractivity contribution in [2.75, 3.05) is 39.8 Å². The Morgan fingerprint density at radius 1 is 1.23 bits per heavy atom. The van der Waals surface area contributed by atoms with Crippen LogP contribution in [0.4, 0.5) is 13.2 Å². The van der Waals surface area contributed by atoms with Gasteiger partial charge in [-0.1, -0.05) is 37.2 Å². The molecule has 1 fully saturated rings. The quantitative estimate of drug-likeness (QED) is 0.552. The normalized spacial score (nSPS) is 16.2. The topological polar surface area (TPSA) is 69.8 Å². The van der Waals surface area contributed by atoms with Crippen LogP contribution in [0, 0.1) is 0 Å². The Kier molecular flexibility index (Phi) is 7.53. The van der Waals surface area contributed by atoms with Crippen molar-refractivity contribution in [3.8, 4) is 0 Å². The highest BCUT2D eigenvalue weighted by Crippen LogP contribution is 2.29. The van der Waals surface area contributed by atoms with Crippen LogP contribution in [0.1, 0.15) is 42.6 Å². The van der Waals surface area contributed by atoms with Gasteiger partial charge in [0.25, 0.3) is 0 Å². The van der Waals surface area contributed by atoms with Crippen LogP contribution in [0.25, 0.3) is 0 Å². The van der Waals surface area contributed by atoms with Crippen molar-refractivity contribution >= 4 is 5.96 Å². The molecule has 1 N–H and O–H groups in total. The summed E-state index contributed by atoms with van der Waals surface area (Å²) in [5.41, 5.74) is 0.0705. The lowest BCUT2D eigenvalue weighted by atomic mass is 10.1. The fraction of sp³-hybridized carbons (Fsp3) is 0.571. The highest BCUT2D eigenvalue weighted by atomic mass is 19.4. The zero-order valence-corrected chi connectivity index (χ0v) is 18.1. The Balaban J connectivity index is 1.45. The summed E-state index contributed by atoms with van der Waals surface area (Å²) >= 11 is 0. The predicted octanol–water partition coefficient (Wildman–Crippen LogP) is 3.15. The number of nitrogens with zero attached hydrogens (tertiary/aromatic N) is 5. The van der Waals surface area contributed by atoms with Crippen molar-refractivity contribution in [3.05, 3.63) is 47.1 Å². The second kappa shape index (κ2) is 10.1. The van der Waals surface area contributed by atoms with E-state index in [9.17, 15) is 13.2 Å². The van der Waals surface area contributed by atoms with E-state index < -0.39 is 11.7 Å². The largest absolute Gasteiger partial charge is 0.416 e. The van der Waals surface area contributed by atoms with Gasteiger partial charge in [0.05, 0.1) is 5.56 Å². The molecule has 1 saturated heterocycles. The first-order chi connectivity index (χ1) is 14.8. The lowest BCUT2D eigenvalue weighted by molar-refractivity contribution is -0.137. The number of aromatic nitrogens is 2. The second-order valence-electron chi connectivity index (χ2n) is 7.89. The van der Waals surface area contributed by atoms with Gasteiger partial charge >= 0.3 is 6.18 Å². The van der Waals surface area contributed by atoms with Crippen molar-refractivity contribution in [2.24, 2.45) is 4.99 Å². The standard InChI is InChI=1S/C21H29F3N6O/c1-15(2)19-27-18(31-28-19)7-8-26-20(25-3)30-11-9-29(10-12-30)14-16-5-4-6-17(13-16)21(22,23)24/h4-6,13,15H,7-12,14H2,1-3H3,(H,25,26). The monoisotopic (exact) mass is 438 g/mol. The summed E-state index contributed by atoms with van der Waals surface area (Å²) in [6.45, 7) is 8.14. The Labute approximate surface area is 180 Å². The van der Waals surface area contributed by atoms with E-state index in [1.165, 1.54) is 12.1 Å². The summed E-state index contributed by atoms with van der Waals surface area (Å²) in [5.74, 6) is 2.32. The number of piperazine rings is 1. The fourth-order valence-corrected chi connectivity index (χ4v) is 3.44. The third-order valence-corrected chi connectivity index (χ3v) is 5.17. The first-order valence-electron chi connectivity index (χ1n) is 10.4. The number of guanidine groups is 1. The van der Waals surface area contributed by atoms with Gasteiger partial charge in [0.15, 0.2) is 11.8 Å². The minimum atomic E-state index is -4.32. The second-order valence-corrected chi connectivity index (χ2v) is 7.89. The van der Waals surface area contributed by atoms with Crippen LogP contribution < -0.4 is 5.32 Å². The van der Waals surface area contributed by atoms with Gasteiger partial charge in [-0.25, -0.2) is 0 Å². The fourth-order valence-electron chi connectivity index (χ4n) is 3.44. The molecule has 1 aliphatic rings. The SMILES string of the molecule is CN=C(NCCc1nc(C(C)C)no1)N1CCN(Cc2cccc(C(F)(F)F)c2)CC1. The molecular formula is C21H29F3N6O. The van der Waals surface area contributed by atoms with E-state index in [0.29, 0.717) is 36.8 Å². The van der Waals surface area contributed by atoms with Crippen molar-refractivity contribution < 1.29 is 17.7 Å². The summed E-state index contributed by atoms with van der Waals surface area (Å²) < 4.78 is 44.0. The molecule has 2 aromatic rings. The molecule has 0 aliphatic carbocycles. The number of alkyl halides is 3. The van der Waals surface area contributed by atoms with E-state index in [1.807, 2.05) is 13.8 Å². The summed E-state index contributed by atoms with van der Waals surface area (Å²) in [6.07, 6.45) is -3.71. The van der Waals surface area contributed by atoms with Gasteiger partial charge in [0, 0.05) is 58.7 Å². The Hall–Kier alpha value is -2.62. The molecular weight excluding hydrogens is 409 g/mol. The van der Waals surface area contributed by atoms with Gasteiger partial charge in [-0.15, -0.1) is 0 Å². The minimum absolute atomic E-state index is 0.227. The first kappa shape index (κ1) is 23.1. The van der Waals surface area contributed by atoms with E-state index in [4.69, 9.17) is 4.52 Å². The van der Waals surface area contributed by atoms with Crippen molar-refractivity contribution in [2.45, 2.75) is 38.9 Å². The molecule has 0 bridgehead atoms. The number of benzene rings is 1. The molecule has 3 rings (SSSR count). The molecule has 2 heterocycles. The Morgan fingerprint density at radius 2 is 1.97 bits per heavy atom. The van der Waals surface area contributed by atoms with Crippen LogP contribution in [0.2, 0.25) is 0 Å². The Morgan fingerprint density at radius 3 is 2.58 bits per heavy atom. The zero-order chi connectivity index (χ0) is 22.4. The smallest absolute Gasteiger partial charge is 0.356 e. The Bertz CT molecular complexity index is 872. The summed E-state index contributed by atoms with van der Waals surface area (Å²) in [4.78, 5) is 13.0. The molecule has 0 unspecified atom stereocenters. The average molecular weight is 438 g/mol. The highest BCUT2D eigenvalue weighted by Gasteiger charge is 2.30. The van der Waals surface area contributed by atoms with E-state index in [2.05, 4.69) is 30.2 Å². The third kappa shape index (κ3) is 6.43. The average Bonchev–Trinajstić information content (AvgIpc) is 3.21.